The van der Waals surface area contributed by atoms with E-state index in [0.717, 1.165) is 0 Å². The molecule has 1 aromatic rings. The van der Waals surface area contributed by atoms with Crippen LogP contribution in [0.15, 0.2) is 24.8 Å². The van der Waals surface area contributed by atoms with E-state index in [4.69, 9.17) is 28.9 Å². The van der Waals surface area contributed by atoms with Gasteiger partial charge in [-0.2, -0.15) is 0 Å². The van der Waals surface area contributed by atoms with E-state index in [9.17, 15) is 4.39 Å². The lowest BCUT2D eigenvalue weighted by atomic mass is 10.1. The van der Waals surface area contributed by atoms with Crippen LogP contribution in [0.25, 0.3) is 0 Å². The molecule has 0 fully saturated rings. The SMILES string of the molecule is C=C[C@H](N)c1c(Cl)ccc(Cl)c1F.Cl. The first-order valence-corrected chi connectivity index (χ1v) is 4.35. The molecule has 0 amide bonds. The lowest BCUT2D eigenvalue weighted by molar-refractivity contribution is 0.603. The van der Waals surface area contributed by atoms with Crippen molar-refractivity contribution in [2.75, 3.05) is 0 Å². The molecule has 0 aromatic heterocycles. The van der Waals surface area contributed by atoms with Gasteiger partial charge in [0.2, 0.25) is 0 Å². The van der Waals surface area contributed by atoms with Crippen LogP contribution in [-0.2, 0) is 0 Å². The van der Waals surface area contributed by atoms with Gasteiger partial charge in [-0.05, 0) is 12.1 Å². The minimum absolute atomic E-state index is 0. The van der Waals surface area contributed by atoms with Crippen LogP contribution in [0.5, 0.6) is 0 Å². The predicted octanol–water partition coefficient (Wildman–Crippen LogP) is 3.74. The highest BCUT2D eigenvalue weighted by Gasteiger charge is 2.15. The molecule has 0 unspecified atom stereocenters. The fourth-order valence-electron chi connectivity index (χ4n) is 0.966. The average Bonchev–Trinajstić information content (AvgIpc) is 2.12. The molecular weight excluding hydrogens is 247 g/mol. The van der Waals surface area contributed by atoms with E-state index in [1.807, 2.05) is 0 Å². The van der Waals surface area contributed by atoms with Crippen molar-refractivity contribution in [1.29, 1.82) is 0 Å². The van der Waals surface area contributed by atoms with Gasteiger partial charge in [-0.3, -0.25) is 0 Å². The number of benzene rings is 1. The zero-order chi connectivity index (χ0) is 10.0. The first kappa shape index (κ1) is 13.7. The maximum absolute atomic E-state index is 13.4. The van der Waals surface area contributed by atoms with E-state index in [2.05, 4.69) is 6.58 Å². The Labute approximate surface area is 98.1 Å². The van der Waals surface area contributed by atoms with Crippen molar-refractivity contribution >= 4 is 35.6 Å². The second-order valence-electron chi connectivity index (χ2n) is 2.52. The first-order valence-electron chi connectivity index (χ1n) is 3.59. The molecule has 1 aromatic carbocycles. The summed E-state index contributed by atoms with van der Waals surface area (Å²) in [6.45, 7) is 3.46. The molecule has 1 atom stereocenters. The molecule has 1 nitrogen and oxygen atoms in total. The van der Waals surface area contributed by atoms with Gasteiger partial charge >= 0.3 is 0 Å². The van der Waals surface area contributed by atoms with Crippen molar-refractivity contribution in [3.8, 4) is 0 Å². The lowest BCUT2D eigenvalue weighted by Crippen LogP contribution is -2.09. The second kappa shape index (κ2) is 5.56. The molecule has 0 heterocycles. The minimum Gasteiger partial charge on any atom is -0.321 e. The third-order valence-electron chi connectivity index (χ3n) is 1.67. The molecule has 2 N–H and O–H groups in total. The summed E-state index contributed by atoms with van der Waals surface area (Å²) in [5.74, 6) is -0.582. The van der Waals surface area contributed by atoms with Crippen LogP contribution in [-0.4, -0.2) is 0 Å². The number of hydrogen-bond acceptors (Lipinski definition) is 1. The summed E-state index contributed by atoms with van der Waals surface area (Å²) in [4.78, 5) is 0. The molecule has 0 aliphatic heterocycles. The third-order valence-corrected chi connectivity index (χ3v) is 2.29. The second-order valence-corrected chi connectivity index (χ2v) is 3.33. The van der Waals surface area contributed by atoms with Gasteiger partial charge in [0, 0.05) is 10.6 Å². The molecule has 0 aliphatic carbocycles. The highest BCUT2D eigenvalue weighted by Crippen LogP contribution is 2.29. The Kier molecular flexibility index (Phi) is 5.45. The van der Waals surface area contributed by atoms with Crippen LogP contribution in [0.4, 0.5) is 4.39 Å². The number of hydrogen-bond donors (Lipinski definition) is 1. The quantitative estimate of drug-likeness (QED) is 0.633. The maximum Gasteiger partial charge on any atom is 0.148 e. The van der Waals surface area contributed by atoms with Crippen molar-refractivity contribution in [2.24, 2.45) is 5.73 Å². The summed E-state index contributed by atoms with van der Waals surface area (Å²) in [7, 11) is 0. The van der Waals surface area contributed by atoms with Crippen molar-refractivity contribution in [3.05, 3.63) is 46.2 Å². The Hall–Kier alpha value is -0.280. The molecule has 78 valence electrons. The van der Waals surface area contributed by atoms with E-state index in [1.165, 1.54) is 18.2 Å². The summed E-state index contributed by atoms with van der Waals surface area (Å²) in [5, 5.41) is 0.269. The Bertz CT molecular complexity index is 341. The van der Waals surface area contributed by atoms with Gasteiger partial charge in [-0.1, -0.05) is 29.3 Å². The van der Waals surface area contributed by atoms with Gasteiger partial charge in [0.15, 0.2) is 0 Å². The van der Waals surface area contributed by atoms with E-state index >= 15 is 0 Å². The Morgan fingerprint density at radius 1 is 1.36 bits per heavy atom. The lowest BCUT2D eigenvalue weighted by Gasteiger charge is -2.10. The molecule has 0 saturated carbocycles. The molecule has 0 aliphatic rings. The van der Waals surface area contributed by atoms with Gasteiger partial charge in [0.05, 0.1) is 11.1 Å². The Balaban J connectivity index is 0.00000169. The fraction of sp³-hybridized carbons (Fsp3) is 0.111. The van der Waals surface area contributed by atoms with Gasteiger partial charge in [0.1, 0.15) is 5.82 Å². The van der Waals surface area contributed by atoms with Gasteiger partial charge in [-0.15, -0.1) is 19.0 Å². The van der Waals surface area contributed by atoms with Gasteiger partial charge in [-0.25, -0.2) is 4.39 Å². The van der Waals surface area contributed by atoms with E-state index in [0.29, 0.717) is 0 Å². The van der Waals surface area contributed by atoms with Crippen LogP contribution in [0.2, 0.25) is 10.0 Å². The van der Waals surface area contributed by atoms with Gasteiger partial charge < -0.3 is 5.73 Å². The summed E-state index contributed by atoms with van der Waals surface area (Å²) >= 11 is 11.3. The maximum atomic E-state index is 13.4. The monoisotopic (exact) mass is 255 g/mol. The van der Waals surface area contributed by atoms with Crippen molar-refractivity contribution in [1.82, 2.24) is 0 Å². The van der Waals surface area contributed by atoms with Crippen LogP contribution in [0.3, 0.4) is 0 Å². The first-order chi connectivity index (χ1) is 6.07. The van der Waals surface area contributed by atoms with Crippen LogP contribution in [0, 0.1) is 5.82 Å². The minimum atomic E-state index is -0.633. The van der Waals surface area contributed by atoms with Crippen molar-refractivity contribution in [2.45, 2.75) is 6.04 Å². The molecule has 5 heteroatoms. The topological polar surface area (TPSA) is 26.0 Å². The van der Waals surface area contributed by atoms with Crippen LogP contribution >= 0.6 is 35.6 Å². The van der Waals surface area contributed by atoms with Gasteiger partial charge in [0.25, 0.3) is 0 Å². The Morgan fingerprint density at radius 3 is 2.36 bits per heavy atom. The molecular formula is C9H9Cl3FN. The summed E-state index contributed by atoms with van der Waals surface area (Å²) in [5.41, 5.74) is 5.75. The van der Waals surface area contributed by atoms with Crippen molar-refractivity contribution < 1.29 is 4.39 Å². The fourth-order valence-corrected chi connectivity index (χ4v) is 1.40. The number of rotatable bonds is 2. The standard InChI is InChI=1S/C9H8Cl2FN.ClH/c1-2-7(13)8-5(10)3-4-6(11)9(8)12;/h2-4,7H,1,13H2;1H/t7-;/m0./s1. The van der Waals surface area contributed by atoms with Crippen molar-refractivity contribution in [3.63, 3.8) is 0 Å². The normalized spacial score (nSPS) is 11.7. The molecule has 14 heavy (non-hydrogen) atoms. The van der Waals surface area contributed by atoms with E-state index < -0.39 is 11.9 Å². The average molecular weight is 257 g/mol. The molecule has 0 saturated heterocycles. The zero-order valence-corrected chi connectivity index (χ0v) is 9.46. The predicted molar refractivity (Wildman–Crippen MR) is 60.8 cm³/mol. The molecule has 0 bridgehead atoms. The Morgan fingerprint density at radius 2 is 1.86 bits per heavy atom. The highest BCUT2D eigenvalue weighted by molar-refractivity contribution is 6.33. The van der Waals surface area contributed by atoms with Crippen LogP contribution < -0.4 is 5.73 Å². The molecule has 0 radical (unpaired) electrons. The third kappa shape index (κ3) is 2.61. The number of nitrogens with two attached hydrogens (primary N) is 1. The molecule has 0 spiro atoms. The van der Waals surface area contributed by atoms with E-state index in [1.54, 1.807) is 0 Å². The summed E-state index contributed by atoms with van der Waals surface area (Å²) in [6.07, 6.45) is 1.40. The molecule has 1 rings (SSSR count). The van der Waals surface area contributed by atoms with Crippen LogP contribution in [0.1, 0.15) is 11.6 Å². The number of halogens is 4. The smallest absolute Gasteiger partial charge is 0.148 e. The summed E-state index contributed by atoms with van der Waals surface area (Å²) in [6, 6.07) is 2.26. The highest BCUT2D eigenvalue weighted by atomic mass is 35.5. The van der Waals surface area contributed by atoms with E-state index in [-0.39, 0.29) is 28.0 Å². The largest absolute Gasteiger partial charge is 0.321 e. The zero-order valence-electron chi connectivity index (χ0n) is 7.14. The summed E-state index contributed by atoms with van der Waals surface area (Å²) < 4.78 is 13.4.